The lowest BCUT2D eigenvalue weighted by Gasteiger charge is -1.97. The Hall–Kier alpha value is 1.05. The van der Waals surface area contributed by atoms with Crippen LogP contribution in [0.5, 0.6) is 0 Å². The predicted molar refractivity (Wildman–Crippen MR) is 56.3 cm³/mol. The van der Waals surface area contributed by atoms with Gasteiger partial charge < -0.3 is 0 Å². The van der Waals surface area contributed by atoms with Crippen LogP contribution in [0.1, 0.15) is 13.3 Å². The third-order valence-electron chi connectivity index (χ3n) is 1.22. The van der Waals surface area contributed by atoms with E-state index in [2.05, 4.69) is 42.2 Å². The minimum atomic E-state index is 1.02. The van der Waals surface area contributed by atoms with Crippen molar-refractivity contribution in [2.75, 3.05) is 22.3 Å². The Bertz CT molecular complexity index is 80.9. The third kappa shape index (κ3) is 4.80. The van der Waals surface area contributed by atoms with Crippen LogP contribution in [0.25, 0.3) is 0 Å². The Kier molecular flexibility index (Phi) is 5.18. The summed E-state index contributed by atoms with van der Waals surface area (Å²) < 4.78 is 0. The van der Waals surface area contributed by atoms with Gasteiger partial charge in [0.05, 0.1) is 0 Å². The van der Waals surface area contributed by atoms with E-state index < -0.39 is 0 Å². The van der Waals surface area contributed by atoms with Crippen LogP contribution < -0.4 is 0 Å². The second-order valence-corrected chi connectivity index (χ2v) is 6.19. The van der Waals surface area contributed by atoms with Gasteiger partial charge in [0.1, 0.15) is 0 Å². The third-order valence-corrected chi connectivity index (χ3v) is 5.07. The number of thioether (sulfide) groups is 3. The van der Waals surface area contributed by atoms with E-state index in [0.717, 1.165) is 5.25 Å². The van der Waals surface area contributed by atoms with Gasteiger partial charge in [0.15, 0.2) is 0 Å². The molecule has 0 aliphatic carbocycles. The second-order valence-electron chi connectivity index (χ2n) is 2.35. The highest BCUT2D eigenvalue weighted by atomic mass is 32.2. The normalized spacial score (nSPS) is 23.1. The van der Waals surface area contributed by atoms with E-state index >= 15 is 0 Å². The lowest BCUT2D eigenvalue weighted by Crippen LogP contribution is -1.87. The number of hydrogen-bond acceptors (Lipinski definition) is 3. The van der Waals surface area contributed by atoms with Gasteiger partial charge in [-0.2, -0.15) is 23.5 Å². The van der Waals surface area contributed by atoms with Gasteiger partial charge >= 0.3 is 0 Å². The Balaban J connectivity index is 1.68. The Morgan fingerprint density at radius 3 is 2.90 bits per heavy atom. The molecule has 1 unspecified atom stereocenters. The molecule has 1 atom stereocenters. The quantitative estimate of drug-likeness (QED) is 0.362. The summed E-state index contributed by atoms with van der Waals surface area (Å²) in [6, 6.07) is 0. The summed E-state index contributed by atoms with van der Waals surface area (Å²) >= 11 is 6.28. The fourth-order valence-corrected chi connectivity index (χ4v) is 3.68. The van der Waals surface area contributed by atoms with Crippen molar-refractivity contribution in [2.24, 2.45) is 0 Å². The van der Waals surface area contributed by atoms with E-state index in [4.69, 9.17) is 0 Å². The molecule has 1 aliphatic rings. The van der Waals surface area contributed by atoms with E-state index in [0.29, 0.717) is 0 Å². The van der Waals surface area contributed by atoms with Crippen molar-refractivity contribution in [3.63, 3.8) is 0 Å². The van der Waals surface area contributed by atoms with Gasteiger partial charge in [-0.1, -0.05) is 6.92 Å². The number of rotatable bonds is 6. The van der Waals surface area contributed by atoms with Gasteiger partial charge in [0.2, 0.25) is 0 Å². The maximum absolute atomic E-state index is 2.24. The molecule has 1 rings (SSSR count). The first-order valence-corrected chi connectivity index (χ1v) is 7.06. The molecule has 0 spiro atoms. The van der Waals surface area contributed by atoms with Crippen molar-refractivity contribution in [3.8, 4) is 0 Å². The summed E-state index contributed by atoms with van der Waals surface area (Å²) in [6.45, 7) is 2.24. The summed E-state index contributed by atoms with van der Waals surface area (Å²) in [5.41, 5.74) is 0. The zero-order valence-corrected chi connectivity index (χ0v) is 8.79. The first-order valence-electron chi connectivity index (χ1n) is 3.70. The summed E-state index contributed by atoms with van der Waals surface area (Å²) in [5.74, 6) is 4.15. The molecule has 0 aromatic heterocycles. The summed E-state index contributed by atoms with van der Waals surface area (Å²) in [7, 11) is 0. The van der Waals surface area contributed by atoms with Crippen molar-refractivity contribution < 1.29 is 0 Å². The zero-order chi connectivity index (χ0) is 7.23. The van der Waals surface area contributed by atoms with E-state index in [9.17, 15) is 0 Å². The maximum atomic E-state index is 2.24. The minimum Gasteiger partial charge on any atom is -0.156 e. The van der Waals surface area contributed by atoms with Crippen molar-refractivity contribution in [1.29, 1.82) is 0 Å². The molecule has 10 heavy (non-hydrogen) atoms. The Morgan fingerprint density at radius 1 is 1.50 bits per heavy atom. The van der Waals surface area contributed by atoms with Crippen LogP contribution in [-0.4, -0.2) is 27.6 Å². The standard InChI is InChI=1S/C7H14S3/c1-2-3-8-6-9-4-7-5-10-7/h7H,2-6H2,1H3. The van der Waals surface area contributed by atoms with Gasteiger partial charge in [0.25, 0.3) is 0 Å². The predicted octanol–water partition coefficient (Wildman–Crippen LogP) is 2.94. The Morgan fingerprint density at radius 2 is 2.30 bits per heavy atom. The molecule has 0 aromatic carbocycles. The molecule has 0 bridgehead atoms. The van der Waals surface area contributed by atoms with Crippen molar-refractivity contribution in [3.05, 3.63) is 0 Å². The SMILES string of the molecule is CCCSCSCC1CS1. The smallest absolute Gasteiger partial charge is 0.0392 e. The zero-order valence-electron chi connectivity index (χ0n) is 6.34. The van der Waals surface area contributed by atoms with Crippen LogP contribution >= 0.6 is 35.3 Å². The highest BCUT2D eigenvalue weighted by Crippen LogP contribution is 2.33. The van der Waals surface area contributed by atoms with E-state index in [1.165, 1.54) is 28.8 Å². The van der Waals surface area contributed by atoms with Crippen LogP contribution in [0.15, 0.2) is 0 Å². The van der Waals surface area contributed by atoms with E-state index in [1.54, 1.807) is 0 Å². The van der Waals surface area contributed by atoms with Gasteiger partial charge in [0, 0.05) is 21.8 Å². The summed E-state index contributed by atoms with van der Waals surface area (Å²) in [5, 5.41) is 2.33. The molecule has 0 N–H and O–H groups in total. The molecule has 0 aromatic rings. The monoisotopic (exact) mass is 194 g/mol. The molecule has 0 radical (unpaired) electrons. The fourth-order valence-electron chi connectivity index (χ4n) is 0.606. The fraction of sp³-hybridized carbons (Fsp3) is 1.00. The summed E-state index contributed by atoms with van der Waals surface area (Å²) in [4.78, 5) is 0. The molecule has 1 fully saturated rings. The van der Waals surface area contributed by atoms with Crippen LogP contribution in [0, 0.1) is 0 Å². The largest absolute Gasteiger partial charge is 0.156 e. The van der Waals surface area contributed by atoms with Crippen LogP contribution in [0.3, 0.4) is 0 Å². The van der Waals surface area contributed by atoms with Crippen molar-refractivity contribution >= 4 is 35.3 Å². The van der Waals surface area contributed by atoms with E-state index in [-0.39, 0.29) is 0 Å². The first-order chi connectivity index (χ1) is 4.93. The van der Waals surface area contributed by atoms with Crippen LogP contribution in [0.4, 0.5) is 0 Å². The maximum Gasteiger partial charge on any atom is 0.0392 e. The van der Waals surface area contributed by atoms with Gasteiger partial charge in [-0.3, -0.25) is 0 Å². The van der Waals surface area contributed by atoms with Crippen molar-refractivity contribution in [2.45, 2.75) is 18.6 Å². The van der Waals surface area contributed by atoms with Crippen LogP contribution in [0.2, 0.25) is 0 Å². The molecule has 1 saturated heterocycles. The second kappa shape index (κ2) is 5.67. The average Bonchev–Trinajstić information content (AvgIpc) is 2.71. The molecular formula is C7H14S3. The van der Waals surface area contributed by atoms with Gasteiger partial charge in [-0.05, 0) is 12.2 Å². The van der Waals surface area contributed by atoms with Crippen LogP contribution in [-0.2, 0) is 0 Å². The Labute approximate surface area is 76.3 Å². The lowest BCUT2D eigenvalue weighted by atomic mass is 10.6. The molecule has 0 amide bonds. The lowest BCUT2D eigenvalue weighted by molar-refractivity contribution is 1.11. The molecular weight excluding hydrogens is 180 g/mol. The van der Waals surface area contributed by atoms with Crippen molar-refractivity contribution in [1.82, 2.24) is 0 Å². The van der Waals surface area contributed by atoms with Gasteiger partial charge in [-0.25, -0.2) is 0 Å². The molecule has 0 saturated carbocycles. The topological polar surface area (TPSA) is 0 Å². The molecule has 0 nitrogen and oxygen atoms in total. The van der Waals surface area contributed by atoms with Gasteiger partial charge in [-0.15, -0.1) is 11.8 Å². The highest BCUT2D eigenvalue weighted by molar-refractivity contribution is 8.16. The molecule has 3 heteroatoms. The average molecular weight is 194 g/mol. The highest BCUT2D eigenvalue weighted by Gasteiger charge is 2.21. The van der Waals surface area contributed by atoms with E-state index in [1.807, 2.05) is 0 Å². The number of hydrogen-bond donors (Lipinski definition) is 0. The summed E-state index contributed by atoms with van der Waals surface area (Å²) in [6.07, 6.45) is 1.32. The first kappa shape index (κ1) is 9.14. The minimum absolute atomic E-state index is 1.02. The molecule has 1 aliphatic heterocycles. The molecule has 1 heterocycles. The molecule has 60 valence electrons.